The summed E-state index contributed by atoms with van der Waals surface area (Å²) >= 11 is 0. The van der Waals surface area contributed by atoms with Crippen molar-refractivity contribution in [3.8, 4) is 0 Å². The number of benzene rings is 1. The van der Waals surface area contributed by atoms with Gasteiger partial charge in [-0.2, -0.15) is 0 Å². The molecule has 1 aromatic heterocycles. The Kier molecular flexibility index (Phi) is 4.19. The highest BCUT2D eigenvalue weighted by Crippen LogP contribution is 2.13. The molecule has 20 heavy (non-hydrogen) atoms. The predicted octanol–water partition coefficient (Wildman–Crippen LogP) is 2.10. The highest BCUT2D eigenvalue weighted by atomic mass is 16.6. The van der Waals surface area contributed by atoms with E-state index in [2.05, 4.69) is 10.1 Å². The topological polar surface area (TPSA) is 90.9 Å². The zero-order valence-corrected chi connectivity index (χ0v) is 11.0. The lowest BCUT2D eigenvalue weighted by Crippen LogP contribution is -2.16. The van der Waals surface area contributed by atoms with E-state index in [1.165, 1.54) is 0 Å². The van der Waals surface area contributed by atoms with Crippen molar-refractivity contribution < 1.29 is 9.72 Å². The van der Waals surface area contributed by atoms with E-state index in [1.54, 1.807) is 0 Å². The molecule has 0 aliphatic rings. The number of nitrogens with zero attached hydrogens (tertiary/aromatic N) is 4. The average Bonchev–Trinajstić information content (AvgIpc) is 2.89. The number of aromatic nitrogens is 3. The van der Waals surface area contributed by atoms with Crippen LogP contribution in [0.3, 0.4) is 0 Å². The molecule has 2 rings (SSSR count). The van der Waals surface area contributed by atoms with Crippen LogP contribution in [0.4, 0.5) is 5.95 Å². The molecule has 0 saturated heterocycles. The van der Waals surface area contributed by atoms with Gasteiger partial charge in [0.05, 0.1) is 0 Å². The van der Waals surface area contributed by atoms with Gasteiger partial charge in [-0.1, -0.05) is 42.2 Å². The molecular formula is C13H14N4O3. The summed E-state index contributed by atoms with van der Waals surface area (Å²) < 4.78 is 0.930. The van der Waals surface area contributed by atoms with Crippen LogP contribution in [0.25, 0.3) is 0 Å². The van der Waals surface area contributed by atoms with Crippen molar-refractivity contribution in [3.63, 3.8) is 0 Å². The second kappa shape index (κ2) is 6.05. The summed E-state index contributed by atoms with van der Waals surface area (Å²) in [6, 6.07) is 9.84. The van der Waals surface area contributed by atoms with Crippen molar-refractivity contribution in [1.82, 2.24) is 14.8 Å². The number of carbonyl (C=O) groups is 1. The van der Waals surface area contributed by atoms with E-state index in [4.69, 9.17) is 0 Å². The van der Waals surface area contributed by atoms with Gasteiger partial charge in [0.2, 0.25) is 6.33 Å². The zero-order chi connectivity index (χ0) is 14.5. The van der Waals surface area contributed by atoms with Crippen molar-refractivity contribution in [1.29, 1.82) is 0 Å². The van der Waals surface area contributed by atoms with Crippen LogP contribution >= 0.6 is 0 Å². The van der Waals surface area contributed by atoms with Crippen LogP contribution in [0.1, 0.15) is 23.7 Å². The summed E-state index contributed by atoms with van der Waals surface area (Å²) in [5.74, 6) is -0.740. The molecule has 0 N–H and O–H groups in total. The first kappa shape index (κ1) is 13.9. The first-order valence-corrected chi connectivity index (χ1v) is 6.19. The van der Waals surface area contributed by atoms with Crippen molar-refractivity contribution in [2.45, 2.75) is 19.8 Å². The molecule has 1 aromatic carbocycles. The summed E-state index contributed by atoms with van der Waals surface area (Å²) in [4.78, 5) is 25.1. The smallest absolute Gasteiger partial charge is 0.390 e. The van der Waals surface area contributed by atoms with Crippen molar-refractivity contribution in [2.24, 2.45) is 5.92 Å². The maximum absolute atomic E-state index is 11.9. The Morgan fingerprint density at radius 1 is 1.40 bits per heavy atom. The van der Waals surface area contributed by atoms with Gasteiger partial charge < -0.3 is 10.1 Å². The molecule has 7 nitrogen and oxygen atoms in total. The van der Waals surface area contributed by atoms with Gasteiger partial charge >= 0.3 is 5.95 Å². The minimum Gasteiger partial charge on any atom is -0.390 e. The van der Waals surface area contributed by atoms with E-state index in [0.717, 1.165) is 23.0 Å². The summed E-state index contributed by atoms with van der Waals surface area (Å²) in [6.45, 7) is 1.95. The lowest BCUT2D eigenvalue weighted by Gasteiger charge is -2.09. The molecule has 0 radical (unpaired) electrons. The molecule has 1 heterocycles. The fourth-order valence-electron chi connectivity index (χ4n) is 1.94. The maximum Gasteiger partial charge on any atom is 0.491 e. The second-order valence-corrected chi connectivity index (χ2v) is 4.64. The number of hydrogen-bond donors (Lipinski definition) is 0. The third-order valence-electron chi connectivity index (χ3n) is 2.85. The summed E-state index contributed by atoms with van der Waals surface area (Å²) in [5.41, 5.74) is 1.15. The lowest BCUT2D eigenvalue weighted by molar-refractivity contribution is -0.394. The quantitative estimate of drug-likeness (QED) is 0.615. The average molecular weight is 274 g/mol. The summed E-state index contributed by atoms with van der Waals surface area (Å²) in [6.07, 6.45) is 2.11. The highest BCUT2D eigenvalue weighted by molar-refractivity contribution is 5.78. The van der Waals surface area contributed by atoms with E-state index < -0.39 is 10.9 Å². The van der Waals surface area contributed by atoms with Crippen molar-refractivity contribution in [2.75, 3.05) is 0 Å². The van der Waals surface area contributed by atoms with Gasteiger partial charge in [-0.15, -0.1) is 4.68 Å². The minimum absolute atomic E-state index is 0.119. The molecular weight excluding hydrogens is 260 g/mol. The molecule has 1 atom stereocenters. The van der Waals surface area contributed by atoms with Gasteiger partial charge in [0, 0.05) is 11.5 Å². The normalized spacial score (nSPS) is 12.1. The maximum atomic E-state index is 11.9. The van der Waals surface area contributed by atoms with Crippen molar-refractivity contribution >= 4 is 11.9 Å². The van der Waals surface area contributed by atoms with Gasteiger partial charge in [-0.05, 0) is 22.8 Å². The molecule has 104 valence electrons. The van der Waals surface area contributed by atoms with E-state index in [-0.39, 0.29) is 18.2 Å². The Hall–Kier alpha value is -2.57. The Balaban J connectivity index is 1.95. The van der Waals surface area contributed by atoms with E-state index in [1.807, 2.05) is 37.3 Å². The fourth-order valence-corrected chi connectivity index (χ4v) is 1.94. The SMILES string of the molecule is CC(CC(=O)n1cnc([N+](=O)[O-])n1)Cc1ccccc1. The molecule has 0 amide bonds. The zero-order valence-electron chi connectivity index (χ0n) is 11.0. The highest BCUT2D eigenvalue weighted by Gasteiger charge is 2.19. The van der Waals surface area contributed by atoms with Crippen LogP contribution < -0.4 is 0 Å². The molecule has 0 spiro atoms. The molecule has 0 saturated carbocycles. The van der Waals surface area contributed by atoms with Crippen LogP contribution in [0.2, 0.25) is 0 Å². The monoisotopic (exact) mass is 274 g/mol. The molecule has 2 aromatic rings. The van der Waals surface area contributed by atoms with Crippen LogP contribution in [0, 0.1) is 16.0 Å². The van der Waals surface area contributed by atoms with E-state index >= 15 is 0 Å². The van der Waals surface area contributed by atoms with E-state index in [9.17, 15) is 14.9 Å². The third kappa shape index (κ3) is 3.47. The fraction of sp³-hybridized carbons (Fsp3) is 0.308. The van der Waals surface area contributed by atoms with Gasteiger partial charge in [-0.3, -0.25) is 4.79 Å². The summed E-state index contributed by atoms with van der Waals surface area (Å²) in [5, 5.41) is 14.0. The first-order chi connectivity index (χ1) is 9.56. The number of carbonyl (C=O) groups excluding carboxylic acids is 1. The molecule has 0 aliphatic carbocycles. The molecule has 0 fully saturated rings. The molecule has 1 unspecified atom stereocenters. The van der Waals surface area contributed by atoms with Gasteiger partial charge in [-0.25, -0.2) is 0 Å². The molecule has 0 aliphatic heterocycles. The molecule has 0 bridgehead atoms. The van der Waals surface area contributed by atoms with Crippen LogP contribution in [-0.4, -0.2) is 25.6 Å². The van der Waals surface area contributed by atoms with Gasteiger partial charge in [0.1, 0.15) is 0 Å². The molecule has 7 heteroatoms. The first-order valence-electron chi connectivity index (χ1n) is 6.19. The second-order valence-electron chi connectivity index (χ2n) is 4.64. The Morgan fingerprint density at radius 3 is 2.70 bits per heavy atom. The number of nitro groups is 1. The Morgan fingerprint density at radius 2 is 2.10 bits per heavy atom. The standard InChI is InChI=1S/C13H14N4O3/c1-10(7-11-5-3-2-4-6-11)8-12(18)16-9-14-13(15-16)17(19)20/h2-6,9-10H,7-8H2,1H3. The predicted molar refractivity (Wildman–Crippen MR) is 71.2 cm³/mol. The lowest BCUT2D eigenvalue weighted by atomic mass is 9.98. The largest absolute Gasteiger partial charge is 0.491 e. The summed E-state index contributed by atoms with van der Waals surface area (Å²) in [7, 11) is 0. The Bertz CT molecular complexity index is 609. The van der Waals surface area contributed by atoms with Crippen molar-refractivity contribution in [3.05, 3.63) is 52.3 Å². The minimum atomic E-state index is -0.725. The van der Waals surface area contributed by atoms with Crippen LogP contribution in [0.15, 0.2) is 36.7 Å². The van der Waals surface area contributed by atoms with Crippen LogP contribution in [0.5, 0.6) is 0 Å². The van der Waals surface area contributed by atoms with Gasteiger partial charge in [0.15, 0.2) is 0 Å². The number of hydrogen-bond acceptors (Lipinski definition) is 5. The third-order valence-corrected chi connectivity index (χ3v) is 2.85. The van der Waals surface area contributed by atoms with E-state index in [0.29, 0.717) is 0 Å². The van der Waals surface area contributed by atoms with Gasteiger partial charge in [0.25, 0.3) is 5.91 Å². The van der Waals surface area contributed by atoms with Crippen LogP contribution in [-0.2, 0) is 6.42 Å². The Labute approximate surface area is 115 Å². The number of rotatable bonds is 5.